The monoisotopic (exact) mass is 209 g/mol. The molecule has 0 spiro atoms. The van der Waals surface area contributed by atoms with E-state index in [-0.39, 0.29) is 0 Å². The SMILES string of the molecule is Cc1nc(C)c(-c2nc(CN)co2)s1. The zero-order chi connectivity index (χ0) is 10.1. The van der Waals surface area contributed by atoms with Gasteiger partial charge in [-0.15, -0.1) is 11.3 Å². The summed E-state index contributed by atoms with van der Waals surface area (Å²) < 4.78 is 5.32. The van der Waals surface area contributed by atoms with Crippen molar-refractivity contribution in [2.24, 2.45) is 5.73 Å². The Bertz CT molecular complexity index is 447. The number of thiazole rings is 1. The van der Waals surface area contributed by atoms with Crippen molar-refractivity contribution in [2.75, 3.05) is 0 Å². The molecule has 0 bridgehead atoms. The molecule has 4 nitrogen and oxygen atoms in total. The van der Waals surface area contributed by atoms with Crippen LogP contribution in [0.4, 0.5) is 0 Å². The molecule has 0 aromatic carbocycles. The minimum atomic E-state index is 0.403. The highest BCUT2D eigenvalue weighted by Crippen LogP contribution is 2.28. The molecule has 0 aliphatic rings. The summed E-state index contributed by atoms with van der Waals surface area (Å²) in [5, 5.41) is 1.02. The van der Waals surface area contributed by atoms with Crippen LogP contribution in [-0.4, -0.2) is 9.97 Å². The predicted octanol–water partition coefficient (Wildman–Crippen LogP) is 1.87. The molecule has 0 saturated heterocycles. The van der Waals surface area contributed by atoms with Crippen molar-refractivity contribution in [1.29, 1.82) is 0 Å². The lowest BCUT2D eigenvalue weighted by Crippen LogP contribution is -1.95. The zero-order valence-corrected chi connectivity index (χ0v) is 8.89. The Morgan fingerprint density at radius 1 is 1.43 bits per heavy atom. The van der Waals surface area contributed by atoms with Gasteiger partial charge in [-0.1, -0.05) is 0 Å². The molecule has 0 fully saturated rings. The summed E-state index contributed by atoms with van der Waals surface area (Å²) >= 11 is 1.58. The first-order valence-corrected chi connectivity index (χ1v) is 5.11. The van der Waals surface area contributed by atoms with Crippen LogP contribution < -0.4 is 5.73 Å². The van der Waals surface area contributed by atoms with Crippen LogP contribution in [0.5, 0.6) is 0 Å². The number of oxazole rings is 1. The van der Waals surface area contributed by atoms with Gasteiger partial charge in [0.1, 0.15) is 11.1 Å². The molecule has 0 unspecified atom stereocenters. The van der Waals surface area contributed by atoms with Crippen molar-refractivity contribution in [3.63, 3.8) is 0 Å². The molecular formula is C9H11N3OS. The van der Waals surface area contributed by atoms with Crippen LogP contribution in [0.3, 0.4) is 0 Å². The van der Waals surface area contributed by atoms with Gasteiger partial charge in [0.15, 0.2) is 0 Å². The Kier molecular flexibility index (Phi) is 2.35. The Morgan fingerprint density at radius 2 is 2.21 bits per heavy atom. The smallest absolute Gasteiger partial charge is 0.238 e. The Morgan fingerprint density at radius 3 is 2.71 bits per heavy atom. The second kappa shape index (κ2) is 3.51. The number of aromatic nitrogens is 2. The molecule has 74 valence electrons. The Labute approximate surface area is 85.8 Å². The van der Waals surface area contributed by atoms with E-state index in [1.165, 1.54) is 0 Å². The summed E-state index contributed by atoms with van der Waals surface area (Å²) in [6.07, 6.45) is 1.59. The van der Waals surface area contributed by atoms with Crippen LogP contribution in [0.1, 0.15) is 16.4 Å². The highest BCUT2D eigenvalue weighted by Gasteiger charge is 2.12. The number of nitrogens with zero attached hydrogens (tertiary/aromatic N) is 2. The lowest BCUT2D eigenvalue weighted by Gasteiger charge is -1.88. The number of hydrogen-bond donors (Lipinski definition) is 1. The number of hydrogen-bond acceptors (Lipinski definition) is 5. The van der Waals surface area contributed by atoms with E-state index in [0.29, 0.717) is 12.4 Å². The van der Waals surface area contributed by atoms with Gasteiger partial charge in [0.05, 0.1) is 16.4 Å². The molecule has 0 aliphatic heterocycles. The maximum absolute atomic E-state index is 5.45. The third-order valence-corrected chi connectivity index (χ3v) is 2.92. The van der Waals surface area contributed by atoms with Crippen molar-refractivity contribution < 1.29 is 4.42 Å². The van der Waals surface area contributed by atoms with Gasteiger partial charge in [0, 0.05) is 6.54 Å². The lowest BCUT2D eigenvalue weighted by molar-refractivity contribution is 0.573. The molecule has 2 aromatic rings. The normalized spacial score (nSPS) is 10.8. The quantitative estimate of drug-likeness (QED) is 0.820. The average molecular weight is 209 g/mol. The largest absolute Gasteiger partial charge is 0.443 e. The van der Waals surface area contributed by atoms with E-state index in [1.54, 1.807) is 17.6 Å². The van der Waals surface area contributed by atoms with Gasteiger partial charge < -0.3 is 10.2 Å². The van der Waals surface area contributed by atoms with Gasteiger partial charge in [0.2, 0.25) is 5.89 Å². The van der Waals surface area contributed by atoms with Crippen molar-refractivity contribution in [3.8, 4) is 10.8 Å². The first-order valence-electron chi connectivity index (χ1n) is 4.29. The fourth-order valence-corrected chi connectivity index (χ4v) is 2.09. The lowest BCUT2D eigenvalue weighted by atomic mass is 10.4. The minimum Gasteiger partial charge on any atom is -0.443 e. The van der Waals surface area contributed by atoms with E-state index in [0.717, 1.165) is 21.3 Å². The van der Waals surface area contributed by atoms with Crippen LogP contribution in [0.15, 0.2) is 10.7 Å². The fraction of sp³-hybridized carbons (Fsp3) is 0.333. The number of aryl methyl sites for hydroxylation is 2. The first-order chi connectivity index (χ1) is 6.70. The van der Waals surface area contributed by atoms with Crippen molar-refractivity contribution in [1.82, 2.24) is 9.97 Å². The number of rotatable bonds is 2. The van der Waals surface area contributed by atoms with Crippen LogP contribution in [0, 0.1) is 13.8 Å². The highest BCUT2D eigenvalue weighted by molar-refractivity contribution is 7.15. The second-order valence-corrected chi connectivity index (χ2v) is 4.20. The molecule has 0 saturated carbocycles. The van der Waals surface area contributed by atoms with E-state index in [4.69, 9.17) is 10.2 Å². The maximum Gasteiger partial charge on any atom is 0.238 e. The molecule has 2 rings (SSSR count). The van der Waals surface area contributed by atoms with E-state index in [2.05, 4.69) is 9.97 Å². The zero-order valence-electron chi connectivity index (χ0n) is 8.07. The summed E-state index contributed by atoms with van der Waals surface area (Å²) in [7, 11) is 0. The van der Waals surface area contributed by atoms with Crippen LogP contribution in [0.2, 0.25) is 0 Å². The van der Waals surface area contributed by atoms with Crippen molar-refractivity contribution in [3.05, 3.63) is 22.7 Å². The molecule has 0 amide bonds. The predicted molar refractivity (Wildman–Crippen MR) is 55.0 cm³/mol. The Balaban J connectivity index is 2.43. The standard InChI is InChI=1S/C9H11N3OS/c1-5-8(14-6(2)11-5)9-12-7(3-10)4-13-9/h4H,3,10H2,1-2H3. The molecule has 14 heavy (non-hydrogen) atoms. The van der Waals surface area contributed by atoms with Crippen LogP contribution >= 0.6 is 11.3 Å². The van der Waals surface area contributed by atoms with Gasteiger partial charge in [0.25, 0.3) is 0 Å². The van der Waals surface area contributed by atoms with Gasteiger partial charge >= 0.3 is 0 Å². The summed E-state index contributed by atoms with van der Waals surface area (Å²) in [5.41, 5.74) is 7.18. The van der Waals surface area contributed by atoms with Crippen LogP contribution in [0.25, 0.3) is 10.8 Å². The topological polar surface area (TPSA) is 64.9 Å². The second-order valence-electron chi connectivity index (χ2n) is 3.00. The van der Waals surface area contributed by atoms with Gasteiger partial charge in [-0.2, -0.15) is 0 Å². The third-order valence-electron chi connectivity index (χ3n) is 1.86. The highest BCUT2D eigenvalue weighted by atomic mass is 32.1. The van der Waals surface area contributed by atoms with E-state index in [9.17, 15) is 0 Å². The third kappa shape index (κ3) is 1.56. The molecule has 2 aromatic heterocycles. The van der Waals surface area contributed by atoms with Crippen LogP contribution in [-0.2, 0) is 6.54 Å². The van der Waals surface area contributed by atoms with Crippen molar-refractivity contribution in [2.45, 2.75) is 20.4 Å². The molecular weight excluding hydrogens is 198 g/mol. The summed E-state index contributed by atoms with van der Waals surface area (Å²) in [5.74, 6) is 0.619. The fourth-order valence-electron chi connectivity index (χ4n) is 1.23. The van der Waals surface area contributed by atoms with Gasteiger partial charge in [-0.25, -0.2) is 9.97 Å². The first kappa shape index (κ1) is 9.36. The summed E-state index contributed by atoms with van der Waals surface area (Å²) in [4.78, 5) is 9.55. The minimum absolute atomic E-state index is 0.403. The molecule has 2 heterocycles. The number of nitrogens with two attached hydrogens (primary N) is 1. The summed E-state index contributed by atoms with van der Waals surface area (Å²) in [6, 6.07) is 0. The molecule has 0 atom stereocenters. The molecule has 5 heteroatoms. The van der Waals surface area contributed by atoms with Crippen molar-refractivity contribution >= 4 is 11.3 Å². The summed E-state index contributed by atoms with van der Waals surface area (Å²) in [6.45, 7) is 4.32. The average Bonchev–Trinajstić information content (AvgIpc) is 2.71. The Hall–Kier alpha value is -1.20. The maximum atomic E-state index is 5.45. The molecule has 0 aliphatic carbocycles. The van der Waals surface area contributed by atoms with E-state index in [1.807, 2.05) is 13.8 Å². The van der Waals surface area contributed by atoms with Gasteiger partial charge in [-0.3, -0.25) is 0 Å². The van der Waals surface area contributed by atoms with Gasteiger partial charge in [-0.05, 0) is 13.8 Å². The van der Waals surface area contributed by atoms with E-state index < -0.39 is 0 Å². The molecule has 2 N–H and O–H groups in total. The van der Waals surface area contributed by atoms with E-state index >= 15 is 0 Å². The molecule has 0 radical (unpaired) electrons.